The third-order valence-electron chi connectivity index (χ3n) is 6.55. The van der Waals surface area contributed by atoms with Crippen molar-refractivity contribution in [2.45, 2.75) is 61.4 Å². The van der Waals surface area contributed by atoms with Crippen molar-refractivity contribution in [2.75, 3.05) is 26.3 Å². The molecule has 1 unspecified atom stereocenters. The van der Waals surface area contributed by atoms with Crippen molar-refractivity contribution < 1.29 is 22.1 Å². The van der Waals surface area contributed by atoms with Crippen molar-refractivity contribution >= 4 is 10.0 Å². The third kappa shape index (κ3) is 3.56. The van der Waals surface area contributed by atoms with Gasteiger partial charge in [0, 0.05) is 32.1 Å². The van der Waals surface area contributed by atoms with Gasteiger partial charge < -0.3 is 9.26 Å². The minimum absolute atomic E-state index is 0.00653. The molecule has 7 nitrogen and oxygen atoms in total. The minimum atomic E-state index is -3.78. The first-order chi connectivity index (χ1) is 14.5. The smallest absolute Gasteiger partial charge is 0.265 e. The van der Waals surface area contributed by atoms with Crippen molar-refractivity contribution in [2.24, 2.45) is 0 Å². The van der Waals surface area contributed by atoms with Gasteiger partial charge >= 0.3 is 0 Å². The summed E-state index contributed by atoms with van der Waals surface area (Å²) in [4.78, 5) is 4.54. The Labute approximate surface area is 175 Å². The number of aromatic nitrogens is 2. The lowest BCUT2D eigenvalue weighted by atomic mass is 9.92. The maximum atomic E-state index is 15.7. The number of fused-ring (bicyclic) bond motifs is 1. The van der Waals surface area contributed by atoms with Crippen molar-refractivity contribution in [3.8, 4) is 0 Å². The van der Waals surface area contributed by atoms with Gasteiger partial charge in [-0.05, 0) is 61.8 Å². The fourth-order valence-corrected chi connectivity index (χ4v) is 6.21. The molecule has 0 saturated carbocycles. The fourth-order valence-electron chi connectivity index (χ4n) is 4.68. The van der Waals surface area contributed by atoms with E-state index < -0.39 is 15.7 Å². The van der Waals surface area contributed by atoms with Crippen molar-refractivity contribution in [1.82, 2.24) is 14.4 Å². The van der Waals surface area contributed by atoms with Gasteiger partial charge in [0.05, 0.1) is 11.4 Å². The van der Waals surface area contributed by atoms with Crippen LogP contribution in [0.2, 0.25) is 0 Å². The summed E-state index contributed by atoms with van der Waals surface area (Å²) in [5, 5.41) is 3.97. The van der Waals surface area contributed by atoms with E-state index in [4.69, 9.17) is 9.26 Å². The van der Waals surface area contributed by atoms with E-state index in [0.29, 0.717) is 19.0 Å². The molecule has 3 heterocycles. The third-order valence-corrected chi connectivity index (χ3v) is 8.39. The summed E-state index contributed by atoms with van der Waals surface area (Å²) in [6, 6.07) is 5.31. The summed E-state index contributed by atoms with van der Waals surface area (Å²) in [6.07, 6.45) is 5.64. The van der Waals surface area contributed by atoms with Gasteiger partial charge in [0.1, 0.15) is 0 Å². The van der Waals surface area contributed by atoms with Gasteiger partial charge in [-0.15, -0.1) is 0 Å². The zero-order valence-electron chi connectivity index (χ0n) is 16.8. The molecule has 2 saturated heterocycles. The van der Waals surface area contributed by atoms with E-state index >= 15 is 4.39 Å². The molecule has 1 aliphatic carbocycles. The van der Waals surface area contributed by atoms with E-state index in [-0.39, 0.29) is 36.2 Å². The summed E-state index contributed by atoms with van der Waals surface area (Å²) in [6.45, 7) is 1.04. The highest BCUT2D eigenvalue weighted by Crippen LogP contribution is 2.39. The maximum Gasteiger partial charge on any atom is 0.265 e. The Hall–Kier alpha value is -1.84. The number of alkyl halides is 1. The van der Waals surface area contributed by atoms with Crippen molar-refractivity contribution in [1.29, 1.82) is 0 Å². The summed E-state index contributed by atoms with van der Waals surface area (Å²) >= 11 is 0. The van der Waals surface area contributed by atoms with Crippen LogP contribution in [0, 0.1) is 0 Å². The Bertz CT molecular complexity index is 1030. The van der Waals surface area contributed by atoms with Crippen LogP contribution in [0.4, 0.5) is 4.39 Å². The Balaban J connectivity index is 1.35. The molecule has 2 fully saturated rings. The molecule has 0 bridgehead atoms. The zero-order chi connectivity index (χ0) is 20.8. The molecule has 162 valence electrons. The van der Waals surface area contributed by atoms with Crippen LogP contribution in [0.3, 0.4) is 0 Å². The van der Waals surface area contributed by atoms with E-state index in [1.54, 1.807) is 12.1 Å². The predicted octanol–water partition coefficient (Wildman–Crippen LogP) is 3.10. The van der Waals surface area contributed by atoms with Gasteiger partial charge in [-0.2, -0.15) is 9.29 Å². The average Bonchev–Trinajstić information content (AvgIpc) is 3.43. The van der Waals surface area contributed by atoms with Gasteiger partial charge in [-0.1, -0.05) is 11.2 Å². The summed E-state index contributed by atoms with van der Waals surface area (Å²) in [5.41, 5.74) is 0.344. The van der Waals surface area contributed by atoms with Crippen LogP contribution in [0.1, 0.15) is 60.9 Å². The number of hydrogen-bond acceptors (Lipinski definition) is 6. The Morgan fingerprint density at radius 2 is 1.90 bits per heavy atom. The highest BCUT2D eigenvalue weighted by atomic mass is 32.2. The van der Waals surface area contributed by atoms with E-state index in [1.807, 2.05) is 6.07 Å². The number of rotatable bonds is 4. The molecule has 2 aromatic rings. The topological polar surface area (TPSA) is 85.5 Å². The summed E-state index contributed by atoms with van der Waals surface area (Å²) < 4.78 is 53.8. The Morgan fingerprint density at radius 1 is 1.13 bits per heavy atom. The van der Waals surface area contributed by atoms with Gasteiger partial charge in [-0.25, -0.2) is 12.8 Å². The molecule has 0 radical (unpaired) electrons. The molecule has 1 aromatic carbocycles. The van der Waals surface area contributed by atoms with Gasteiger partial charge in [-0.3, -0.25) is 0 Å². The van der Waals surface area contributed by atoms with Crippen LogP contribution in [0.15, 0.2) is 27.6 Å². The lowest BCUT2D eigenvalue weighted by molar-refractivity contribution is 0.0830. The first-order valence-electron chi connectivity index (χ1n) is 10.7. The molecule has 1 atom stereocenters. The number of aryl methyl sites for hydroxylation is 2. The van der Waals surface area contributed by atoms with Crippen LogP contribution in [-0.4, -0.2) is 49.2 Å². The van der Waals surface area contributed by atoms with Gasteiger partial charge in [0.2, 0.25) is 15.7 Å². The summed E-state index contributed by atoms with van der Waals surface area (Å²) in [7, 11) is -3.78. The maximum absolute atomic E-state index is 15.7. The van der Waals surface area contributed by atoms with E-state index in [0.717, 1.165) is 44.1 Å². The highest BCUT2D eigenvalue weighted by Gasteiger charge is 2.49. The molecular formula is C21H26FN3O4S. The fraction of sp³-hybridized carbons (Fsp3) is 0.619. The number of halogens is 1. The Morgan fingerprint density at radius 3 is 2.70 bits per heavy atom. The Kier molecular flexibility index (Phi) is 5.15. The van der Waals surface area contributed by atoms with Crippen molar-refractivity contribution in [3.63, 3.8) is 0 Å². The SMILES string of the molecule is O=S(=O)(c1ccc2c(c1)CCCC2)N1CCC(F)(c2nc(C3CCOCC3)no2)C1. The van der Waals surface area contributed by atoms with Gasteiger partial charge in [0.25, 0.3) is 5.89 Å². The van der Waals surface area contributed by atoms with Crippen LogP contribution in [0.5, 0.6) is 0 Å². The summed E-state index contributed by atoms with van der Waals surface area (Å²) in [5.74, 6) is 0.463. The minimum Gasteiger partial charge on any atom is -0.381 e. The number of hydrogen-bond donors (Lipinski definition) is 0. The second-order valence-corrected chi connectivity index (χ2v) is 10.5. The quantitative estimate of drug-likeness (QED) is 0.734. The molecule has 0 spiro atoms. The number of benzene rings is 1. The molecule has 0 amide bonds. The van der Waals surface area contributed by atoms with Crippen LogP contribution < -0.4 is 0 Å². The van der Waals surface area contributed by atoms with E-state index in [1.165, 1.54) is 9.87 Å². The molecule has 3 aliphatic rings. The molecule has 2 aliphatic heterocycles. The predicted molar refractivity (Wildman–Crippen MR) is 106 cm³/mol. The van der Waals surface area contributed by atoms with Crippen LogP contribution in [-0.2, 0) is 33.3 Å². The molecule has 1 aromatic heterocycles. The van der Waals surface area contributed by atoms with E-state index in [9.17, 15) is 8.42 Å². The van der Waals surface area contributed by atoms with Gasteiger partial charge in [0.15, 0.2) is 5.82 Å². The normalized spacial score (nSPS) is 26.0. The average molecular weight is 436 g/mol. The molecule has 30 heavy (non-hydrogen) atoms. The monoisotopic (exact) mass is 435 g/mol. The first-order valence-corrected chi connectivity index (χ1v) is 12.1. The van der Waals surface area contributed by atoms with Crippen molar-refractivity contribution in [3.05, 3.63) is 41.0 Å². The number of nitrogens with zero attached hydrogens (tertiary/aromatic N) is 3. The molecule has 9 heteroatoms. The second kappa shape index (κ2) is 7.69. The lowest BCUT2D eigenvalue weighted by Crippen LogP contribution is -2.32. The largest absolute Gasteiger partial charge is 0.381 e. The van der Waals surface area contributed by atoms with Crippen LogP contribution >= 0.6 is 0 Å². The standard InChI is InChI=1S/C21H26FN3O4S/c22-21(20-23-19(24-29-20)16-7-11-28-12-8-16)9-10-25(14-21)30(26,27)18-6-5-15-3-1-2-4-17(15)13-18/h5-6,13,16H,1-4,7-12,14H2. The second-order valence-electron chi connectivity index (χ2n) is 8.54. The highest BCUT2D eigenvalue weighted by molar-refractivity contribution is 7.89. The molecular weight excluding hydrogens is 409 g/mol. The number of sulfonamides is 1. The van der Waals surface area contributed by atoms with E-state index in [2.05, 4.69) is 10.1 Å². The lowest BCUT2D eigenvalue weighted by Gasteiger charge is -2.21. The molecule has 5 rings (SSSR count). The zero-order valence-corrected chi connectivity index (χ0v) is 17.7. The first kappa shape index (κ1) is 20.1. The van der Waals surface area contributed by atoms with Crippen LogP contribution in [0.25, 0.3) is 0 Å². The number of ether oxygens (including phenoxy) is 1. The molecule has 0 N–H and O–H groups in total.